The number of aromatic nitrogens is 2. The first-order valence-electron chi connectivity index (χ1n) is 10.9. The van der Waals surface area contributed by atoms with Gasteiger partial charge in [0.1, 0.15) is 17.7 Å². The van der Waals surface area contributed by atoms with E-state index in [1.54, 1.807) is 6.07 Å². The van der Waals surface area contributed by atoms with E-state index >= 15 is 0 Å². The lowest BCUT2D eigenvalue weighted by Crippen LogP contribution is -2.45. The average molecular weight is 495 g/mol. The number of hydrogen-bond acceptors (Lipinski definition) is 8. The van der Waals surface area contributed by atoms with Gasteiger partial charge in [0.2, 0.25) is 11.7 Å². The SMILES string of the molecule is NC(CS(=O)(=O)O)C(=O)NCCC1CCN(c2cc(N3CCCC3)nc(C(F)(F)F)n2)CC1. The van der Waals surface area contributed by atoms with E-state index < -0.39 is 39.8 Å². The zero-order valence-electron chi connectivity index (χ0n) is 18.1. The van der Waals surface area contributed by atoms with Crippen molar-refractivity contribution in [2.45, 2.75) is 44.3 Å². The van der Waals surface area contributed by atoms with Crippen LogP contribution in [0, 0.1) is 5.92 Å². The summed E-state index contributed by atoms with van der Waals surface area (Å²) >= 11 is 0. The van der Waals surface area contributed by atoms with E-state index in [-0.39, 0.29) is 18.3 Å². The lowest BCUT2D eigenvalue weighted by atomic mass is 9.93. The summed E-state index contributed by atoms with van der Waals surface area (Å²) < 4.78 is 70.5. The number of amides is 1. The molecule has 2 aliphatic heterocycles. The minimum absolute atomic E-state index is 0.237. The minimum Gasteiger partial charge on any atom is -0.356 e. The van der Waals surface area contributed by atoms with Crippen molar-refractivity contribution in [1.82, 2.24) is 15.3 Å². The normalized spacial score (nSPS) is 19.1. The van der Waals surface area contributed by atoms with Gasteiger partial charge in [-0.05, 0) is 38.0 Å². The molecule has 0 spiro atoms. The maximum atomic E-state index is 13.4. The van der Waals surface area contributed by atoms with Crippen LogP contribution in [0.5, 0.6) is 0 Å². The fraction of sp³-hybridized carbons (Fsp3) is 0.737. The van der Waals surface area contributed by atoms with Crippen molar-refractivity contribution in [2.75, 3.05) is 48.3 Å². The third-order valence-corrected chi connectivity index (χ3v) is 6.68. The second-order valence-corrected chi connectivity index (χ2v) is 9.96. The first kappa shape index (κ1) is 25.4. The molecule has 1 aromatic heterocycles. The van der Waals surface area contributed by atoms with Gasteiger partial charge in [0, 0.05) is 38.8 Å². The second-order valence-electron chi connectivity index (χ2n) is 8.47. The molecule has 3 rings (SSSR count). The molecule has 4 N–H and O–H groups in total. The van der Waals surface area contributed by atoms with Crippen molar-refractivity contribution in [3.8, 4) is 0 Å². The van der Waals surface area contributed by atoms with E-state index in [0.29, 0.717) is 51.3 Å². The average Bonchev–Trinajstić information content (AvgIpc) is 3.27. The Hall–Kier alpha value is -2.19. The van der Waals surface area contributed by atoms with Crippen LogP contribution in [0.15, 0.2) is 6.07 Å². The number of piperidine rings is 1. The number of rotatable bonds is 8. The molecule has 1 unspecified atom stereocenters. The summed E-state index contributed by atoms with van der Waals surface area (Å²) in [5, 5.41) is 2.55. The van der Waals surface area contributed by atoms with Crippen molar-refractivity contribution >= 4 is 27.7 Å². The van der Waals surface area contributed by atoms with E-state index in [4.69, 9.17) is 10.3 Å². The van der Waals surface area contributed by atoms with E-state index in [0.717, 1.165) is 12.8 Å². The van der Waals surface area contributed by atoms with Crippen molar-refractivity contribution in [1.29, 1.82) is 0 Å². The molecule has 0 aliphatic carbocycles. The highest BCUT2D eigenvalue weighted by Crippen LogP contribution is 2.32. The number of nitrogens with two attached hydrogens (primary N) is 1. The van der Waals surface area contributed by atoms with Gasteiger partial charge in [-0.25, -0.2) is 9.97 Å². The van der Waals surface area contributed by atoms with Crippen LogP contribution in [0.3, 0.4) is 0 Å². The van der Waals surface area contributed by atoms with Crippen molar-refractivity contribution < 1.29 is 30.9 Å². The highest BCUT2D eigenvalue weighted by Gasteiger charge is 2.37. The molecule has 2 aliphatic rings. The van der Waals surface area contributed by atoms with Crippen LogP contribution in [0.1, 0.15) is 37.9 Å². The largest absolute Gasteiger partial charge is 0.451 e. The van der Waals surface area contributed by atoms with E-state index in [1.807, 2.05) is 9.80 Å². The number of carbonyl (C=O) groups is 1. The summed E-state index contributed by atoms with van der Waals surface area (Å²) in [5.41, 5.74) is 5.45. The van der Waals surface area contributed by atoms with Crippen molar-refractivity contribution in [3.05, 3.63) is 11.9 Å². The molecular formula is C19H29F3N6O4S. The highest BCUT2D eigenvalue weighted by molar-refractivity contribution is 7.85. The van der Waals surface area contributed by atoms with Crippen LogP contribution in [0.2, 0.25) is 0 Å². The fourth-order valence-electron chi connectivity index (χ4n) is 4.10. The maximum absolute atomic E-state index is 13.4. The van der Waals surface area contributed by atoms with Crippen molar-refractivity contribution in [2.24, 2.45) is 11.7 Å². The third-order valence-electron chi connectivity index (χ3n) is 5.90. The van der Waals surface area contributed by atoms with E-state index in [1.165, 1.54) is 0 Å². The summed E-state index contributed by atoms with van der Waals surface area (Å²) in [4.78, 5) is 23.0. The van der Waals surface area contributed by atoms with Gasteiger partial charge in [0.05, 0.1) is 5.75 Å². The van der Waals surface area contributed by atoms with Crippen LogP contribution < -0.4 is 20.9 Å². The molecule has 1 atom stereocenters. The predicted octanol–water partition coefficient (Wildman–Crippen LogP) is 1.03. The molecule has 0 radical (unpaired) electrons. The Morgan fingerprint density at radius 2 is 1.70 bits per heavy atom. The lowest BCUT2D eigenvalue weighted by molar-refractivity contribution is -0.144. The highest BCUT2D eigenvalue weighted by atomic mass is 32.2. The molecule has 10 nitrogen and oxygen atoms in total. The maximum Gasteiger partial charge on any atom is 0.451 e. The topological polar surface area (TPSA) is 142 Å². The summed E-state index contributed by atoms with van der Waals surface area (Å²) in [5.74, 6) is -1.84. The van der Waals surface area contributed by atoms with Gasteiger partial charge >= 0.3 is 6.18 Å². The van der Waals surface area contributed by atoms with Crippen LogP contribution in [0.25, 0.3) is 0 Å². The number of hydrogen-bond donors (Lipinski definition) is 3. The van der Waals surface area contributed by atoms with Gasteiger partial charge in [0.15, 0.2) is 0 Å². The summed E-state index contributed by atoms with van der Waals surface area (Å²) in [6.45, 7) is 2.68. The second kappa shape index (κ2) is 10.4. The smallest absolute Gasteiger partial charge is 0.356 e. The van der Waals surface area contributed by atoms with Crippen LogP contribution in [-0.4, -0.2) is 73.4 Å². The standard InChI is InChI=1S/C19H29F3N6O4S/c20-19(21,22)18-25-15(27-7-1-2-8-27)11-16(26-18)28-9-4-13(5-10-28)3-6-24-17(29)14(23)12-33(30,31)32/h11,13-14H,1-10,12,23H2,(H,24,29)(H,30,31,32). The molecule has 33 heavy (non-hydrogen) atoms. The molecule has 2 saturated heterocycles. The number of halogens is 3. The Kier molecular flexibility index (Phi) is 8.00. The molecule has 1 aromatic rings. The van der Waals surface area contributed by atoms with Crippen LogP contribution in [-0.2, 0) is 21.1 Å². The Balaban J connectivity index is 1.54. The number of nitrogens with one attached hydrogen (secondary N) is 1. The predicted molar refractivity (Wildman–Crippen MR) is 115 cm³/mol. The fourth-order valence-corrected chi connectivity index (χ4v) is 4.71. The Morgan fingerprint density at radius 3 is 2.21 bits per heavy atom. The first-order chi connectivity index (χ1) is 15.4. The zero-order valence-corrected chi connectivity index (χ0v) is 18.9. The van der Waals surface area contributed by atoms with Gasteiger partial charge in [-0.2, -0.15) is 21.6 Å². The quantitative estimate of drug-likeness (QED) is 0.452. The molecule has 186 valence electrons. The molecule has 3 heterocycles. The zero-order chi connectivity index (χ0) is 24.2. The van der Waals surface area contributed by atoms with Gasteiger partial charge in [0.25, 0.3) is 10.1 Å². The molecule has 2 fully saturated rings. The number of alkyl halides is 3. The van der Waals surface area contributed by atoms with Gasteiger partial charge in [-0.15, -0.1) is 0 Å². The van der Waals surface area contributed by atoms with Gasteiger partial charge in [-0.1, -0.05) is 0 Å². The third kappa shape index (κ3) is 7.40. The molecular weight excluding hydrogens is 465 g/mol. The Morgan fingerprint density at radius 1 is 1.15 bits per heavy atom. The van der Waals surface area contributed by atoms with Crippen LogP contribution >= 0.6 is 0 Å². The van der Waals surface area contributed by atoms with Gasteiger partial charge < -0.3 is 20.9 Å². The Bertz CT molecular complexity index is 932. The number of nitrogens with zero attached hydrogens (tertiary/aromatic N) is 4. The minimum atomic E-state index is -4.63. The summed E-state index contributed by atoms with van der Waals surface area (Å²) in [7, 11) is -4.34. The number of anilines is 2. The number of carbonyl (C=O) groups excluding carboxylic acids is 1. The molecule has 0 saturated carbocycles. The summed E-state index contributed by atoms with van der Waals surface area (Å²) in [6, 6.07) is 0.268. The summed E-state index contributed by atoms with van der Waals surface area (Å²) in [6.07, 6.45) is -0.757. The molecule has 1 amide bonds. The Labute approximate surface area is 190 Å². The van der Waals surface area contributed by atoms with Crippen LogP contribution in [0.4, 0.5) is 24.8 Å². The first-order valence-corrected chi connectivity index (χ1v) is 12.5. The molecule has 14 heteroatoms. The lowest BCUT2D eigenvalue weighted by Gasteiger charge is -2.33. The van der Waals surface area contributed by atoms with E-state index in [9.17, 15) is 26.4 Å². The monoisotopic (exact) mass is 494 g/mol. The van der Waals surface area contributed by atoms with Crippen molar-refractivity contribution in [3.63, 3.8) is 0 Å². The molecule has 0 aromatic carbocycles. The van der Waals surface area contributed by atoms with Gasteiger partial charge in [-0.3, -0.25) is 9.35 Å². The molecule has 0 bridgehead atoms. The van der Waals surface area contributed by atoms with E-state index in [2.05, 4.69) is 15.3 Å².